The Hall–Kier alpha value is -0.900. The first kappa shape index (κ1) is 12.2. The number of benzene rings is 2. The fourth-order valence-corrected chi connectivity index (χ4v) is 3.07. The van der Waals surface area contributed by atoms with E-state index in [0.29, 0.717) is 0 Å². The van der Waals surface area contributed by atoms with Gasteiger partial charge in [-0.15, -0.1) is 0 Å². The molecule has 1 aliphatic rings. The van der Waals surface area contributed by atoms with Crippen molar-refractivity contribution in [3.63, 3.8) is 0 Å². The van der Waals surface area contributed by atoms with Crippen LogP contribution in [0.5, 0.6) is 0 Å². The third kappa shape index (κ3) is 2.07. The average molecular weight is 307 g/mol. The highest BCUT2D eigenvalue weighted by molar-refractivity contribution is 9.10. The van der Waals surface area contributed by atoms with Gasteiger partial charge in [-0.2, -0.15) is 0 Å². The van der Waals surface area contributed by atoms with Crippen molar-refractivity contribution in [2.24, 2.45) is 0 Å². The molecule has 2 unspecified atom stereocenters. The van der Waals surface area contributed by atoms with Crippen molar-refractivity contribution in [3.8, 4) is 0 Å². The Morgan fingerprint density at radius 1 is 1.17 bits per heavy atom. The molecule has 1 N–H and O–H groups in total. The summed E-state index contributed by atoms with van der Waals surface area (Å²) >= 11 is 3.55. The highest BCUT2D eigenvalue weighted by Gasteiger charge is 2.26. The Labute approximate surface area is 115 Å². The summed E-state index contributed by atoms with van der Waals surface area (Å²) in [6.45, 7) is 0.760. The second-order valence-electron chi connectivity index (χ2n) is 4.68. The summed E-state index contributed by atoms with van der Waals surface area (Å²) in [4.78, 5) is 0. The zero-order valence-corrected chi connectivity index (χ0v) is 11.6. The summed E-state index contributed by atoms with van der Waals surface area (Å²) in [5.74, 6) is 0. The fourth-order valence-electron chi connectivity index (χ4n) is 2.60. The van der Waals surface area contributed by atoms with E-state index in [1.807, 2.05) is 30.3 Å². The van der Waals surface area contributed by atoms with Crippen molar-refractivity contribution in [3.05, 3.63) is 46.4 Å². The second-order valence-corrected chi connectivity index (χ2v) is 5.53. The molecular weight excluding hydrogens is 292 g/mol. The van der Waals surface area contributed by atoms with Gasteiger partial charge in [0.2, 0.25) is 0 Å². The maximum atomic E-state index is 10.5. The summed E-state index contributed by atoms with van der Waals surface area (Å²) in [6, 6.07) is 12.1. The van der Waals surface area contributed by atoms with Crippen LogP contribution < -0.4 is 0 Å². The lowest BCUT2D eigenvalue weighted by molar-refractivity contribution is -0.00186. The summed E-state index contributed by atoms with van der Waals surface area (Å²) in [5.41, 5.74) is 0.959. The first-order valence-corrected chi connectivity index (χ1v) is 7.03. The quantitative estimate of drug-likeness (QED) is 0.914. The lowest BCUT2D eigenvalue weighted by Crippen LogP contribution is -2.17. The maximum Gasteiger partial charge on any atom is 0.106 e. The predicted octanol–water partition coefficient (Wildman–Crippen LogP) is 3.81. The van der Waals surface area contributed by atoms with Crippen LogP contribution in [0, 0.1) is 0 Å². The topological polar surface area (TPSA) is 29.5 Å². The summed E-state index contributed by atoms with van der Waals surface area (Å²) in [6.07, 6.45) is 1.38. The molecule has 0 aliphatic carbocycles. The lowest BCUT2D eigenvalue weighted by atomic mass is 9.96. The molecule has 18 heavy (non-hydrogen) atoms. The van der Waals surface area contributed by atoms with E-state index < -0.39 is 6.10 Å². The Morgan fingerprint density at radius 2 is 1.94 bits per heavy atom. The third-order valence-corrected chi connectivity index (χ3v) is 4.23. The number of rotatable bonds is 2. The average Bonchev–Trinajstić information content (AvgIpc) is 2.93. The molecule has 94 valence electrons. The zero-order chi connectivity index (χ0) is 12.5. The Bertz CT molecular complexity index is 561. The molecule has 0 spiro atoms. The Kier molecular flexibility index (Phi) is 3.37. The molecule has 3 rings (SSSR count). The Morgan fingerprint density at radius 3 is 2.67 bits per heavy atom. The van der Waals surface area contributed by atoms with Gasteiger partial charge in [-0.25, -0.2) is 0 Å². The van der Waals surface area contributed by atoms with Crippen LogP contribution in [0.15, 0.2) is 40.9 Å². The van der Waals surface area contributed by atoms with E-state index >= 15 is 0 Å². The highest BCUT2D eigenvalue weighted by atomic mass is 79.9. The normalized spacial score (nSPS) is 21.3. The van der Waals surface area contributed by atoms with E-state index in [9.17, 15) is 5.11 Å². The van der Waals surface area contributed by atoms with Crippen LogP contribution in [0.25, 0.3) is 10.8 Å². The number of hydrogen-bond acceptors (Lipinski definition) is 2. The standard InChI is InChI=1S/C15H15BrO2/c16-13-8-7-12(10-4-1-2-5-11(10)13)15(17)14-6-3-9-18-14/h1-2,4-5,7-8,14-15,17H,3,6,9H2. The molecule has 1 aliphatic heterocycles. The van der Waals surface area contributed by atoms with E-state index in [0.717, 1.165) is 40.3 Å². The largest absolute Gasteiger partial charge is 0.386 e. The van der Waals surface area contributed by atoms with E-state index in [2.05, 4.69) is 22.0 Å². The van der Waals surface area contributed by atoms with Gasteiger partial charge in [0.05, 0.1) is 6.10 Å². The van der Waals surface area contributed by atoms with Crippen molar-refractivity contribution in [2.45, 2.75) is 25.0 Å². The molecular formula is C15H15BrO2. The number of ether oxygens (including phenoxy) is 1. The molecule has 0 amide bonds. The molecule has 2 aromatic rings. The van der Waals surface area contributed by atoms with Gasteiger partial charge in [0.15, 0.2) is 0 Å². The van der Waals surface area contributed by atoms with Gasteiger partial charge in [0, 0.05) is 11.1 Å². The molecule has 0 saturated carbocycles. The molecule has 2 aromatic carbocycles. The molecule has 3 heteroatoms. The van der Waals surface area contributed by atoms with E-state index in [1.54, 1.807) is 0 Å². The van der Waals surface area contributed by atoms with Gasteiger partial charge < -0.3 is 9.84 Å². The molecule has 1 fully saturated rings. The van der Waals surface area contributed by atoms with Gasteiger partial charge >= 0.3 is 0 Å². The van der Waals surface area contributed by atoms with E-state index in [-0.39, 0.29) is 6.10 Å². The monoisotopic (exact) mass is 306 g/mol. The molecule has 1 heterocycles. The first-order valence-electron chi connectivity index (χ1n) is 6.24. The molecule has 2 atom stereocenters. The maximum absolute atomic E-state index is 10.5. The van der Waals surface area contributed by atoms with E-state index in [4.69, 9.17) is 4.74 Å². The van der Waals surface area contributed by atoms with Gasteiger partial charge in [-0.1, -0.05) is 46.3 Å². The summed E-state index contributed by atoms with van der Waals surface area (Å²) in [5, 5.41) is 12.7. The van der Waals surface area contributed by atoms with Crippen LogP contribution in [0.1, 0.15) is 24.5 Å². The third-order valence-electron chi connectivity index (χ3n) is 3.54. The molecule has 0 aromatic heterocycles. The smallest absolute Gasteiger partial charge is 0.106 e. The molecule has 2 nitrogen and oxygen atoms in total. The molecule has 0 bridgehead atoms. The van der Waals surface area contributed by atoms with Crippen LogP contribution in [0.3, 0.4) is 0 Å². The number of hydrogen-bond donors (Lipinski definition) is 1. The first-order chi connectivity index (χ1) is 8.77. The van der Waals surface area contributed by atoms with Crippen LogP contribution in [-0.4, -0.2) is 17.8 Å². The van der Waals surface area contributed by atoms with Gasteiger partial charge in [0.1, 0.15) is 6.10 Å². The summed E-state index contributed by atoms with van der Waals surface area (Å²) < 4.78 is 6.64. The summed E-state index contributed by atoms with van der Waals surface area (Å²) in [7, 11) is 0. The van der Waals surface area contributed by atoms with Crippen molar-refractivity contribution < 1.29 is 9.84 Å². The van der Waals surface area contributed by atoms with E-state index in [1.165, 1.54) is 0 Å². The SMILES string of the molecule is OC(c1ccc(Br)c2ccccc12)C1CCCO1. The van der Waals surface area contributed by atoms with Crippen molar-refractivity contribution >= 4 is 26.7 Å². The predicted molar refractivity (Wildman–Crippen MR) is 75.6 cm³/mol. The van der Waals surface area contributed by atoms with Gasteiger partial charge in [0.25, 0.3) is 0 Å². The minimum absolute atomic E-state index is 0.0606. The highest BCUT2D eigenvalue weighted by Crippen LogP contribution is 2.34. The van der Waals surface area contributed by atoms with Crippen LogP contribution in [-0.2, 0) is 4.74 Å². The van der Waals surface area contributed by atoms with Crippen molar-refractivity contribution in [1.29, 1.82) is 0 Å². The van der Waals surface area contributed by atoms with Crippen molar-refractivity contribution in [1.82, 2.24) is 0 Å². The second kappa shape index (κ2) is 5.00. The van der Waals surface area contributed by atoms with Crippen molar-refractivity contribution in [2.75, 3.05) is 6.61 Å². The number of aliphatic hydroxyl groups excluding tert-OH is 1. The number of fused-ring (bicyclic) bond motifs is 1. The van der Waals surface area contributed by atoms with Crippen LogP contribution >= 0.6 is 15.9 Å². The zero-order valence-electron chi connectivity index (χ0n) is 9.97. The number of aliphatic hydroxyl groups is 1. The Balaban J connectivity index is 2.08. The van der Waals surface area contributed by atoms with Gasteiger partial charge in [-0.05, 0) is 35.2 Å². The number of halogens is 1. The van der Waals surface area contributed by atoms with Crippen LogP contribution in [0.2, 0.25) is 0 Å². The minimum atomic E-state index is -0.537. The van der Waals surface area contributed by atoms with Crippen LogP contribution in [0.4, 0.5) is 0 Å². The molecule has 0 radical (unpaired) electrons. The lowest BCUT2D eigenvalue weighted by Gasteiger charge is -2.20. The minimum Gasteiger partial charge on any atom is -0.386 e. The fraction of sp³-hybridized carbons (Fsp3) is 0.333. The van der Waals surface area contributed by atoms with Gasteiger partial charge in [-0.3, -0.25) is 0 Å². The molecule has 1 saturated heterocycles.